The molecule has 1 aliphatic rings. The number of hydrogen-bond donors (Lipinski definition) is 2. The van der Waals surface area contributed by atoms with Crippen molar-refractivity contribution in [2.45, 2.75) is 12.8 Å². The smallest absolute Gasteiger partial charge is 0.222 e. The zero-order valence-electron chi connectivity index (χ0n) is 10.3. The van der Waals surface area contributed by atoms with E-state index in [1.54, 1.807) is 19.3 Å². The number of anilines is 2. The van der Waals surface area contributed by atoms with Gasteiger partial charge in [0.05, 0.1) is 10.7 Å². The van der Waals surface area contributed by atoms with Crippen LogP contribution in [0.2, 0.25) is 5.02 Å². The first-order valence-electron chi connectivity index (χ1n) is 5.99. The molecule has 0 aliphatic carbocycles. The molecule has 0 unspecified atom stereocenters. The lowest BCUT2D eigenvalue weighted by Gasteiger charge is -2.32. The van der Waals surface area contributed by atoms with Crippen molar-refractivity contribution in [1.82, 2.24) is 10.3 Å². The summed E-state index contributed by atoms with van der Waals surface area (Å²) in [5.74, 6) is 0.973. The Bertz CT molecular complexity index is 444. The molecule has 0 atom stereocenters. The highest BCUT2D eigenvalue weighted by Gasteiger charge is 2.25. The van der Waals surface area contributed by atoms with Crippen LogP contribution in [-0.4, -0.2) is 31.0 Å². The lowest BCUT2D eigenvalue weighted by atomic mass is 9.96. The Balaban J connectivity index is 2.03. The van der Waals surface area contributed by atoms with Gasteiger partial charge in [0.2, 0.25) is 5.91 Å². The molecule has 5 nitrogen and oxygen atoms in total. The van der Waals surface area contributed by atoms with Gasteiger partial charge in [-0.3, -0.25) is 4.79 Å². The van der Waals surface area contributed by atoms with Crippen LogP contribution in [-0.2, 0) is 4.79 Å². The van der Waals surface area contributed by atoms with E-state index in [0.717, 1.165) is 31.7 Å². The molecule has 0 spiro atoms. The standard InChI is InChI=1S/C12H17ClN4O/c1-15-12(18)8-2-4-17(5-3-8)11-10(14)6-9(13)7-16-11/h6-8H,2-5,14H2,1H3,(H,15,18). The first kappa shape index (κ1) is 13.0. The van der Waals surface area contributed by atoms with E-state index >= 15 is 0 Å². The van der Waals surface area contributed by atoms with Gasteiger partial charge in [-0.05, 0) is 18.9 Å². The minimum absolute atomic E-state index is 0.0970. The zero-order valence-corrected chi connectivity index (χ0v) is 11.1. The van der Waals surface area contributed by atoms with E-state index in [0.29, 0.717) is 10.7 Å². The second kappa shape index (κ2) is 5.44. The highest BCUT2D eigenvalue weighted by Crippen LogP contribution is 2.27. The van der Waals surface area contributed by atoms with Crippen LogP contribution in [0, 0.1) is 5.92 Å². The number of carbonyl (C=O) groups excluding carboxylic acids is 1. The third-order valence-electron chi connectivity index (χ3n) is 3.27. The topological polar surface area (TPSA) is 71.2 Å². The van der Waals surface area contributed by atoms with Gasteiger partial charge in [0, 0.05) is 32.3 Å². The number of halogens is 1. The first-order chi connectivity index (χ1) is 8.61. The molecule has 1 fully saturated rings. The molecule has 1 aliphatic heterocycles. The maximum absolute atomic E-state index is 11.5. The van der Waals surface area contributed by atoms with Crippen LogP contribution in [0.4, 0.5) is 11.5 Å². The zero-order chi connectivity index (χ0) is 13.1. The van der Waals surface area contributed by atoms with Crippen molar-refractivity contribution in [3.63, 3.8) is 0 Å². The molecular formula is C12H17ClN4O. The SMILES string of the molecule is CNC(=O)C1CCN(c2ncc(Cl)cc2N)CC1. The van der Waals surface area contributed by atoms with E-state index in [1.807, 2.05) is 0 Å². The van der Waals surface area contributed by atoms with Crippen LogP contribution in [0.15, 0.2) is 12.3 Å². The van der Waals surface area contributed by atoms with Crippen molar-refractivity contribution in [1.29, 1.82) is 0 Å². The average molecular weight is 269 g/mol. The Morgan fingerprint density at radius 3 is 2.78 bits per heavy atom. The van der Waals surface area contributed by atoms with Gasteiger partial charge in [0.15, 0.2) is 5.82 Å². The average Bonchev–Trinajstić information content (AvgIpc) is 2.38. The predicted molar refractivity (Wildman–Crippen MR) is 72.7 cm³/mol. The molecule has 1 amide bonds. The molecule has 6 heteroatoms. The summed E-state index contributed by atoms with van der Waals surface area (Å²) >= 11 is 5.83. The Hall–Kier alpha value is -1.49. The molecule has 2 heterocycles. The number of rotatable bonds is 2. The highest BCUT2D eigenvalue weighted by atomic mass is 35.5. The third kappa shape index (κ3) is 2.67. The maximum atomic E-state index is 11.5. The first-order valence-corrected chi connectivity index (χ1v) is 6.37. The van der Waals surface area contributed by atoms with Crippen molar-refractivity contribution in [3.8, 4) is 0 Å². The van der Waals surface area contributed by atoms with Crippen molar-refractivity contribution in [2.75, 3.05) is 30.8 Å². The number of nitrogens with one attached hydrogen (secondary N) is 1. The normalized spacial score (nSPS) is 16.7. The molecule has 2 rings (SSSR count). The molecule has 1 aromatic heterocycles. The Morgan fingerprint density at radius 1 is 1.56 bits per heavy atom. The number of amides is 1. The fraction of sp³-hybridized carbons (Fsp3) is 0.500. The summed E-state index contributed by atoms with van der Waals surface area (Å²) in [7, 11) is 1.67. The minimum atomic E-state index is 0.0970. The van der Waals surface area contributed by atoms with Gasteiger partial charge in [0.25, 0.3) is 0 Å². The second-order valence-corrected chi connectivity index (χ2v) is 4.88. The quantitative estimate of drug-likeness (QED) is 0.848. The predicted octanol–water partition coefficient (Wildman–Crippen LogP) is 1.28. The summed E-state index contributed by atoms with van der Waals surface area (Å²) in [6.45, 7) is 1.58. The lowest BCUT2D eigenvalue weighted by Crippen LogP contribution is -2.40. The van der Waals surface area contributed by atoms with Gasteiger partial charge in [-0.2, -0.15) is 0 Å². The molecule has 1 saturated heterocycles. The number of carbonyl (C=O) groups is 1. The summed E-state index contributed by atoms with van der Waals surface area (Å²) in [4.78, 5) is 17.9. The fourth-order valence-electron chi connectivity index (χ4n) is 2.27. The molecule has 0 aromatic carbocycles. The van der Waals surface area contributed by atoms with Gasteiger partial charge in [-0.15, -0.1) is 0 Å². The number of pyridine rings is 1. The van der Waals surface area contributed by atoms with E-state index in [9.17, 15) is 4.79 Å². The fourth-order valence-corrected chi connectivity index (χ4v) is 2.44. The van der Waals surface area contributed by atoms with Gasteiger partial charge < -0.3 is 16.0 Å². The number of piperidine rings is 1. The summed E-state index contributed by atoms with van der Waals surface area (Å²) < 4.78 is 0. The van der Waals surface area contributed by atoms with Crippen LogP contribution in [0.1, 0.15) is 12.8 Å². The van der Waals surface area contributed by atoms with E-state index in [-0.39, 0.29) is 11.8 Å². The number of nitrogen functional groups attached to an aromatic ring is 1. The summed E-state index contributed by atoms with van der Waals surface area (Å²) in [5, 5.41) is 3.23. The van der Waals surface area contributed by atoms with Crippen molar-refractivity contribution in [3.05, 3.63) is 17.3 Å². The Kier molecular flexibility index (Phi) is 3.91. The number of nitrogens with two attached hydrogens (primary N) is 1. The van der Waals surface area contributed by atoms with E-state index in [4.69, 9.17) is 17.3 Å². The van der Waals surface area contributed by atoms with Crippen LogP contribution in [0.5, 0.6) is 0 Å². The molecule has 18 heavy (non-hydrogen) atoms. The van der Waals surface area contributed by atoms with Gasteiger partial charge >= 0.3 is 0 Å². The number of nitrogens with zero attached hydrogens (tertiary/aromatic N) is 2. The van der Waals surface area contributed by atoms with Crippen LogP contribution in [0.3, 0.4) is 0 Å². The van der Waals surface area contributed by atoms with Crippen LogP contribution in [0.25, 0.3) is 0 Å². The van der Waals surface area contributed by atoms with E-state index < -0.39 is 0 Å². The van der Waals surface area contributed by atoms with E-state index in [2.05, 4.69) is 15.2 Å². The molecule has 1 aromatic rings. The Labute approximate surface area is 111 Å². The highest BCUT2D eigenvalue weighted by molar-refractivity contribution is 6.30. The van der Waals surface area contributed by atoms with Crippen molar-refractivity contribution >= 4 is 29.0 Å². The van der Waals surface area contributed by atoms with E-state index in [1.165, 1.54) is 0 Å². The second-order valence-electron chi connectivity index (χ2n) is 4.44. The van der Waals surface area contributed by atoms with Gasteiger partial charge in [-0.1, -0.05) is 11.6 Å². The van der Waals surface area contributed by atoms with Crippen LogP contribution < -0.4 is 16.0 Å². The largest absolute Gasteiger partial charge is 0.396 e. The third-order valence-corrected chi connectivity index (χ3v) is 3.48. The summed E-state index contributed by atoms with van der Waals surface area (Å²) in [5.41, 5.74) is 6.49. The maximum Gasteiger partial charge on any atom is 0.222 e. The Morgan fingerprint density at radius 2 is 2.22 bits per heavy atom. The minimum Gasteiger partial charge on any atom is -0.396 e. The summed E-state index contributed by atoms with van der Waals surface area (Å²) in [6, 6.07) is 1.70. The van der Waals surface area contributed by atoms with Gasteiger partial charge in [0.1, 0.15) is 0 Å². The molecule has 0 radical (unpaired) electrons. The molecule has 0 saturated carbocycles. The summed E-state index contributed by atoms with van der Waals surface area (Å²) in [6.07, 6.45) is 3.24. The van der Waals surface area contributed by atoms with Crippen molar-refractivity contribution in [2.24, 2.45) is 5.92 Å². The molecule has 3 N–H and O–H groups in total. The number of aromatic nitrogens is 1. The molecular weight excluding hydrogens is 252 g/mol. The van der Waals surface area contributed by atoms with Gasteiger partial charge in [-0.25, -0.2) is 4.98 Å². The molecule has 0 bridgehead atoms. The van der Waals surface area contributed by atoms with Crippen LogP contribution >= 0.6 is 11.6 Å². The molecule has 98 valence electrons. The lowest BCUT2D eigenvalue weighted by molar-refractivity contribution is -0.125. The monoisotopic (exact) mass is 268 g/mol. The number of hydrogen-bond acceptors (Lipinski definition) is 4. The van der Waals surface area contributed by atoms with Crippen molar-refractivity contribution < 1.29 is 4.79 Å².